The summed E-state index contributed by atoms with van der Waals surface area (Å²) < 4.78 is 30.5. The fourth-order valence-corrected chi connectivity index (χ4v) is 5.44. The van der Waals surface area contributed by atoms with Gasteiger partial charge >= 0.3 is 6.09 Å². The highest BCUT2D eigenvalue weighted by Gasteiger charge is 2.27. The zero-order valence-electron chi connectivity index (χ0n) is 23.9. The SMILES string of the molecule is COc1cc2c(cc1OCCCNC(=O)CCCNC(=O)OCC1CCCC1)Cc1c(Nc3cccc(F)c3)n[nH]c1-2. The van der Waals surface area contributed by atoms with E-state index in [2.05, 4.69) is 26.1 Å². The number of alkyl carbamates (subject to hydrolysis) is 1. The van der Waals surface area contributed by atoms with Gasteiger partial charge in [-0.25, -0.2) is 9.18 Å². The summed E-state index contributed by atoms with van der Waals surface area (Å²) in [5.41, 5.74) is 4.57. The highest BCUT2D eigenvalue weighted by atomic mass is 19.1. The number of hydrogen-bond donors (Lipinski definition) is 4. The van der Waals surface area contributed by atoms with E-state index in [9.17, 15) is 14.0 Å². The largest absolute Gasteiger partial charge is 0.493 e. The van der Waals surface area contributed by atoms with Gasteiger partial charge in [-0.1, -0.05) is 18.9 Å². The molecule has 4 N–H and O–H groups in total. The fourth-order valence-electron chi connectivity index (χ4n) is 5.44. The summed E-state index contributed by atoms with van der Waals surface area (Å²) in [4.78, 5) is 23.9. The Bertz CT molecular complexity index is 1390. The Morgan fingerprint density at radius 3 is 2.71 bits per heavy atom. The van der Waals surface area contributed by atoms with E-state index in [1.165, 1.54) is 25.0 Å². The number of aromatic nitrogens is 2. The highest BCUT2D eigenvalue weighted by Crippen LogP contribution is 2.44. The number of halogens is 1. The summed E-state index contributed by atoms with van der Waals surface area (Å²) in [6.45, 7) is 1.77. The van der Waals surface area contributed by atoms with Gasteiger partial charge in [0.05, 0.1) is 26.0 Å². The van der Waals surface area contributed by atoms with Crippen LogP contribution < -0.4 is 25.4 Å². The van der Waals surface area contributed by atoms with Crippen molar-refractivity contribution in [2.45, 2.75) is 51.4 Å². The number of fused-ring (bicyclic) bond motifs is 3. The molecule has 0 saturated heterocycles. The summed E-state index contributed by atoms with van der Waals surface area (Å²) in [7, 11) is 1.60. The van der Waals surface area contributed by atoms with E-state index < -0.39 is 6.09 Å². The molecule has 10 nitrogen and oxygen atoms in total. The quantitative estimate of drug-likeness (QED) is 0.146. The van der Waals surface area contributed by atoms with Crippen molar-refractivity contribution in [3.8, 4) is 22.8 Å². The third-order valence-electron chi connectivity index (χ3n) is 7.66. The minimum absolute atomic E-state index is 0.0661. The number of carbonyl (C=O) groups is 2. The molecular weight excluding hydrogens is 541 g/mol. The lowest BCUT2D eigenvalue weighted by Gasteiger charge is -2.13. The number of nitrogens with one attached hydrogen (secondary N) is 4. The van der Waals surface area contributed by atoms with Crippen LogP contribution in [0, 0.1) is 11.7 Å². The molecule has 2 amide bonds. The van der Waals surface area contributed by atoms with Gasteiger partial charge in [-0.05, 0) is 67.5 Å². The molecular formula is C31H38FN5O5. The normalized spacial score (nSPS) is 13.8. The third-order valence-corrected chi connectivity index (χ3v) is 7.66. The predicted octanol–water partition coefficient (Wildman–Crippen LogP) is 5.45. The van der Waals surface area contributed by atoms with Gasteiger partial charge < -0.3 is 30.2 Å². The summed E-state index contributed by atoms with van der Waals surface area (Å²) in [5, 5.41) is 16.3. The average Bonchev–Trinajstić information content (AvgIpc) is 3.72. The second-order valence-corrected chi connectivity index (χ2v) is 10.7. The van der Waals surface area contributed by atoms with Crippen LogP contribution in [-0.2, 0) is 16.0 Å². The van der Waals surface area contributed by atoms with Crippen LogP contribution in [0.1, 0.15) is 56.1 Å². The molecule has 1 aromatic heterocycles. The van der Waals surface area contributed by atoms with Gasteiger partial charge in [0.1, 0.15) is 5.82 Å². The average molecular weight is 580 g/mol. The van der Waals surface area contributed by atoms with Crippen molar-refractivity contribution in [2.75, 3.05) is 38.7 Å². The maximum atomic E-state index is 13.6. The van der Waals surface area contributed by atoms with Crippen LogP contribution in [0.3, 0.4) is 0 Å². The molecule has 0 spiro atoms. The van der Waals surface area contributed by atoms with Crippen LogP contribution in [-0.4, -0.2) is 55.6 Å². The molecule has 0 unspecified atom stereocenters. The van der Waals surface area contributed by atoms with E-state index in [4.69, 9.17) is 14.2 Å². The number of rotatable bonds is 14. The number of amides is 2. The molecule has 11 heteroatoms. The summed E-state index contributed by atoms with van der Waals surface area (Å²) in [6.07, 6.45) is 6.42. The maximum absolute atomic E-state index is 13.6. The molecule has 1 fully saturated rings. The van der Waals surface area contributed by atoms with Gasteiger partial charge in [0, 0.05) is 42.7 Å². The van der Waals surface area contributed by atoms with Crippen LogP contribution in [0.5, 0.6) is 11.5 Å². The molecule has 2 aromatic carbocycles. The van der Waals surface area contributed by atoms with E-state index in [1.807, 2.05) is 12.1 Å². The zero-order valence-corrected chi connectivity index (χ0v) is 23.9. The Kier molecular flexibility index (Phi) is 9.78. The van der Waals surface area contributed by atoms with Crippen molar-refractivity contribution < 1.29 is 28.2 Å². The Labute approximate surface area is 244 Å². The van der Waals surface area contributed by atoms with Gasteiger partial charge in [0.15, 0.2) is 17.3 Å². The minimum Gasteiger partial charge on any atom is -0.493 e. The van der Waals surface area contributed by atoms with E-state index in [-0.39, 0.29) is 11.7 Å². The number of aromatic amines is 1. The Morgan fingerprint density at radius 1 is 1.07 bits per heavy atom. The fraction of sp³-hybridized carbons (Fsp3) is 0.452. The lowest BCUT2D eigenvalue weighted by atomic mass is 10.1. The van der Waals surface area contributed by atoms with Crippen molar-refractivity contribution in [3.63, 3.8) is 0 Å². The molecule has 2 aliphatic carbocycles. The molecule has 1 saturated carbocycles. The van der Waals surface area contributed by atoms with Crippen molar-refractivity contribution in [3.05, 3.63) is 53.3 Å². The van der Waals surface area contributed by atoms with E-state index >= 15 is 0 Å². The van der Waals surface area contributed by atoms with Crippen molar-refractivity contribution >= 4 is 23.5 Å². The third kappa shape index (κ3) is 7.51. The van der Waals surface area contributed by atoms with Gasteiger partial charge in [-0.3, -0.25) is 9.89 Å². The highest BCUT2D eigenvalue weighted by molar-refractivity contribution is 5.81. The van der Waals surface area contributed by atoms with E-state index in [0.717, 1.165) is 35.2 Å². The molecule has 0 bridgehead atoms. The molecule has 1 heterocycles. The first-order valence-electron chi connectivity index (χ1n) is 14.6. The van der Waals surface area contributed by atoms with Crippen molar-refractivity contribution in [1.82, 2.24) is 20.8 Å². The van der Waals surface area contributed by atoms with Crippen molar-refractivity contribution in [2.24, 2.45) is 5.92 Å². The molecule has 0 atom stereocenters. The topological polar surface area (TPSA) is 127 Å². The minimum atomic E-state index is -0.410. The van der Waals surface area contributed by atoms with Gasteiger partial charge in [0.2, 0.25) is 5.91 Å². The molecule has 5 rings (SSSR count). The maximum Gasteiger partial charge on any atom is 0.407 e. The number of anilines is 2. The first-order valence-corrected chi connectivity index (χ1v) is 14.6. The number of ether oxygens (including phenoxy) is 3. The lowest BCUT2D eigenvalue weighted by molar-refractivity contribution is -0.121. The van der Waals surface area contributed by atoms with Crippen LogP contribution in [0.2, 0.25) is 0 Å². The summed E-state index contributed by atoms with van der Waals surface area (Å²) >= 11 is 0. The summed E-state index contributed by atoms with van der Waals surface area (Å²) in [6, 6.07) is 10.2. The number of methoxy groups -OCH3 is 1. The first-order chi connectivity index (χ1) is 20.5. The van der Waals surface area contributed by atoms with Crippen LogP contribution >= 0.6 is 0 Å². The monoisotopic (exact) mass is 579 g/mol. The zero-order chi connectivity index (χ0) is 29.3. The van der Waals surface area contributed by atoms with Crippen LogP contribution in [0.15, 0.2) is 36.4 Å². The standard InChI is InChI=1S/C31H38FN5O5/c1-40-26-18-24-21(15-25-29(24)36-37-30(25)35-23-10-4-9-22(32)17-23)16-27(26)41-14-6-13-33-28(38)11-5-12-34-31(39)42-19-20-7-2-3-8-20/h4,9-10,16-18,20H,2-3,5-8,11-15,19H2,1H3,(H,33,38)(H,34,39)(H2,35,36,37). The van der Waals surface area contributed by atoms with Gasteiger partial charge in [-0.2, -0.15) is 5.10 Å². The van der Waals surface area contributed by atoms with Crippen molar-refractivity contribution in [1.29, 1.82) is 0 Å². The lowest BCUT2D eigenvalue weighted by Crippen LogP contribution is -2.29. The number of hydrogen-bond acceptors (Lipinski definition) is 7. The van der Waals surface area contributed by atoms with Gasteiger partial charge in [0.25, 0.3) is 0 Å². The molecule has 0 radical (unpaired) electrons. The Hall–Kier alpha value is -4.28. The summed E-state index contributed by atoms with van der Waals surface area (Å²) in [5.74, 6) is 1.99. The Balaban J connectivity index is 1.01. The first kappa shape index (κ1) is 29.2. The molecule has 2 aliphatic rings. The van der Waals surface area contributed by atoms with Gasteiger partial charge in [-0.15, -0.1) is 0 Å². The van der Waals surface area contributed by atoms with Crippen LogP contribution in [0.4, 0.5) is 20.7 Å². The van der Waals surface area contributed by atoms with E-state index in [1.54, 1.807) is 19.2 Å². The second-order valence-electron chi connectivity index (χ2n) is 10.7. The number of H-pyrrole nitrogens is 1. The molecule has 3 aromatic rings. The Morgan fingerprint density at radius 2 is 1.90 bits per heavy atom. The molecule has 42 heavy (non-hydrogen) atoms. The second kappa shape index (κ2) is 14.1. The smallest absolute Gasteiger partial charge is 0.407 e. The van der Waals surface area contributed by atoms with Crippen LogP contribution in [0.25, 0.3) is 11.3 Å². The molecule has 0 aliphatic heterocycles. The predicted molar refractivity (Wildman–Crippen MR) is 157 cm³/mol. The van der Waals surface area contributed by atoms with E-state index in [0.29, 0.717) is 80.9 Å². The number of carbonyl (C=O) groups excluding carboxylic acids is 2. The number of nitrogens with zero attached hydrogens (tertiary/aromatic N) is 1. The number of benzene rings is 2. The molecule has 224 valence electrons.